The number of morpholine rings is 1. The number of benzene rings is 1. The van der Waals surface area contributed by atoms with Crippen molar-refractivity contribution in [1.82, 2.24) is 14.6 Å². The number of carbonyl (C=O) groups excluding carboxylic acids is 1. The number of nitrogens with zero attached hydrogens (tertiary/aromatic N) is 2. The molecule has 1 aliphatic rings. The second-order valence-corrected chi connectivity index (χ2v) is 9.54. The van der Waals surface area contributed by atoms with Crippen molar-refractivity contribution in [2.24, 2.45) is 0 Å². The zero-order chi connectivity index (χ0) is 22.8. The van der Waals surface area contributed by atoms with Gasteiger partial charge in [0.05, 0.1) is 24.7 Å². The molecule has 3 rings (SSSR count). The fraction of sp³-hybridized carbons (Fsp3) is 0.478. The molecule has 174 valence electrons. The highest BCUT2D eigenvalue weighted by molar-refractivity contribution is 7.89. The zero-order valence-electron chi connectivity index (χ0n) is 18.5. The van der Waals surface area contributed by atoms with E-state index in [1.807, 2.05) is 12.1 Å². The zero-order valence-corrected chi connectivity index (χ0v) is 19.3. The maximum absolute atomic E-state index is 12.7. The summed E-state index contributed by atoms with van der Waals surface area (Å²) in [5, 5.41) is 2.91. The maximum Gasteiger partial charge on any atom is 0.243 e. The van der Waals surface area contributed by atoms with E-state index in [4.69, 9.17) is 9.47 Å². The lowest BCUT2D eigenvalue weighted by atomic mass is 10.1. The summed E-state index contributed by atoms with van der Waals surface area (Å²) in [4.78, 5) is 16.8. The monoisotopic (exact) mass is 461 g/mol. The molecule has 1 saturated heterocycles. The molecule has 0 unspecified atom stereocenters. The van der Waals surface area contributed by atoms with Gasteiger partial charge < -0.3 is 14.8 Å². The average molecular weight is 462 g/mol. The lowest BCUT2D eigenvalue weighted by Crippen LogP contribution is -2.40. The first kappa shape index (κ1) is 24.2. The lowest BCUT2D eigenvalue weighted by Gasteiger charge is -2.26. The van der Waals surface area contributed by atoms with E-state index in [9.17, 15) is 13.2 Å². The Bertz CT molecular complexity index is 973. The molecule has 9 heteroatoms. The fourth-order valence-electron chi connectivity index (χ4n) is 3.31. The summed E-state index contributed by atoms with van der Waals surface area (Å²) < 4.78 is 37.7. The fourth-order valence-corrected chi connectivity index (χ4v) is 4.71. The number of aryl methyl sites for hydroxylation is 1. The van der Waals surface area contributed by atoms with E-state index in [0.717, 1.165) is 24.0 Å². The largest absolute Gasteiger partial charge is 0.477 e. The van der Waals surface area contributed by atoms with Gasteiger partial charge in [0, 0.05) is 37.8 Å². The Balaban J connectivity index is 1.48. The van der Waals surface area contributed by atoms with Crippen LogP contribution in [0.25, 0.3) is 0 Å². The van der Waals surface area contributed by atoms with Crippen molar-refractivity contribution in [2.75, 3.05) is 32.9 Å². The highest BCUT2D eigenvalue weighted by Gasteiger charge is 2.26. The van der Waals surface area contributed by atoms with E-state index in [1.54, 1.807) is 30.5 Å². The van der Waals surface area contributed by atoms with Crippen LogP contribution in [0.4, 0.5) is 0 Å². The number of amides is 1. The predicted molar refractivity (Wildman–Crippen MR) is 121 cm³/mol. The first-order chi connectivity index (χ1) is 15.5. The number of rotatable bonds is 11. The molecule has 0 spiro atoms. The highest BCUT2D eigenvalue weighted by Crippen LogP contribution is 2.18. The molecular weight excluding hydrogens is 430 g/mol. The molecule has 2 heterocycles. The van der Waals surface area contributed by atoms with Crippen LogP contribution >= 0.6 is 0 Å². The number of ether oxygens (including phenoxy) is 2. The number of aromatic nitrogens is 1. The van der Waals surface area contributed by atoms with Gasteiger partial charge in [-0.1, -0.05) is 31.5 Å². The SMILES string of the molecule is CCCCOc1ncccc1CNC(=O)CCc1ccc(S(=O)(=O)N2CCOCC2)cc1. The number of hydrogen-bond donors (Lipinski definition) is 1. The van der Waals surface area contributed by atoms with Gasteiger partial charge >= 0.3 is 0 Å². The first-order valence-electron chi connectivity index (χ1n) is 11.0. The van der Waals surface area contributed by atoms with Crippen molar-refractivity contribution < 1.29 is 22.7 Å². The summed E-state index contributed by atoms with van der Waals surface area (Å²) in [6.45, 7) is 4.62. The smallest absolute Gasteiger partial charge is 0.243 e. The van der Waals surface area contributed by atoms with Crippen LogP contribution in [0.3, 0.4) is 0 Å². The highest BCUT2D eigenvalue weighted by atomic mass is 32.2. The number of hydrogen-bond acceptors (Lipinski definition) is 6. The van der Waals surface area contributed by atoms with Gasteiger partial charge in [0.2, 0.25) is 21.8 Å². The molecule has 0 aliphatic carbocycles. The number of carbonyl (C=O) groups is 1. The third-order valence-electron chi connectivity index (χ3n) is 5.23. The van der Waals surface area contributed by atoms with Crippen molar-refractivity contribution >= 4 is 15.9 Å². The molecule has 8 nitrogen and oxygen atoms in total. The van der Waals surface area contributed by atoms with E-state index in [0.29, 0.717) is 58.2 Å². The Morgan fingerprint density at radius 2 is 1.94 bits per heavy atom. The summed E-state index contributed by atoms with van der Waals surface area (Å²) in [6.07, 6.45) is 4.50. The first-order valence-corrected chi connectivity index (χ1v) is 12.4. The van der Waals surface area contributed by atoms with E-state index in [-0.39, 0.29) is 10.8 Å². The molecule has 0 atom stereocenters. The quantitative estimate of drug-likeness (QED) is 0.517. The van der Waals surface area contributed by atoms with Crippen LogP contribution in [0, 0.1) is 0 Å². The molecule has 1 aromatic heterocycles. The second kappa shape index (κ2) is 11.9. The van der Waals surface area contributed by atoms with Gasteiger partial charge in [0.1, 0.15) is 0 Å². The van der Waals surface area contributed by atoms with E-state index < -0.39 is 10.0 Å². The molecule has 2 aromatic rings. The lowest BCUT2D eigenvalue weighted by molar-refractivity contribution is -0.121. The molecule has 1 aromatic carbocycles. The topological polar surface area (TPSA) is 97.8 Å². The number of sulfonamides is 1. The minimum Gasteiger partial charge on any atom is -0.477 e. The van der Waals surface area contributed by atoms with Gasteiger partial charge in [-0.2, -0.15) is 4.31 Å². The Hall–Kier alpha value is -2.49. The van der Waals surface area contributed by atoms with Gasteiger partial charge in [-0.3, -0.25) is 4.79 Å². The molecule has 32 heavy (non-hydrogen) atoms. The summed E-state index contributed by atoms with van der Waals surface area (Å²) in [5.74, 6) is 0.469. The molecule has 1 fully saturated rings. The predicted octanol–water partition coefficient (Wildman–Crippen LogP) is 2.53. The van der Waals surface area contributed by atoms with Crippen molar-refractivity contribution in [2.45, 2.75) is 44.0 Å². The van der Waals surface area contributed by atoms with E-state index in [1.165, 1.54) is 4.31 Å². The third-order valence-corrected chi connectivity index (χ3v) is 7.15. The summed E-state index contributed by atoms with van der Waals surface area (Å²) >= 11 is 0. The minimum atomic E-state index is -3.51. The third kappa shape index (κ3) is 6.75. The van der Waals surface area contributed by atoms with Crippen molar-refractivity contribution in [3.05, 3.63) is 53.7 Å². The standard InChI is InChI=1S/C23H31N3O5S/c1-2-3-15-31-23-20(5-4-12-24-23)18-25-22(27)11-8-19-6-9-21(10-7-19)32(28,29)26-13-16-30-17-14-26/h4-7,9-10,12H,2-3,8,11,13-18H2,1H3,(H,25,27). The average Bonchev–Trinajstić information content (AvgIpc) is 2.83. The number of nitrogens with one attached hydrogen (secondary N) is 1. The Labute approximate surface area is 190 Å². The molecule has 0 saturated carbocycles. The van der Waals surface area contributed by atoms with Gasteiger partial charge in [0.15, 0.2) is 0 Å². The van der Waals surface area contributed by atoms with Crippen LogP contribution in [0.5, 0.6) is 5.88 Å². The van der Waals surface area contributed by atoms with Crippen LogP contribution in [-0.4, -0.2) is 56.5 Å². The van der Waals surface area contributed by atoms with Crippen LogP contribution in [0.15, 0.2) is 47.5 Å². The normalized spacial score (nSPS) is 14.8. The Morgan fingerprint density at radius 3 is 2.66 bits per heavy atom. The van der Waals surface area contributed by atoms with Gasteiger partial charge in [-0.25, -0.2) is 13.4 Å². The van der Waals surface area contributed by atoms with Crippen molar-refractivity contribution in [3.8, 4) is 5.88 Å². The maximum atomic E-state index is 12.7. The summed E-state index contributed by atoms with van der Waals surface area (Å²) in [5.41, 5.74) is 1.75. The van der Waals surface area contributed by atoms with Crippen LogP contribution in [0.1, 0.15) is 37.3 Å². The molecular formula is C23H31N3O5S. The second-order valence-electron chi connectivity index (χ2n) is 7.61. The molecule has 1 amide bonds. The van der Waals surface area contributed by atoms with Gasteiger partial charge in [0.25, 0.3) is 0 Å². The van der Waals surface area contributed by atoms with Gasteiger partial charge in [-0.15, -0.1) is 0 Å². The number of unbranched alkanes of at least 4 members (excludes halogenated alkanes) is 1. The van der Waals surface area contributed by atoms with Crippen LogP contribution in [-0.2, 0) is 32.5 Å². The summed E-state index contributed by atoms with van der Waals surface area (Å²) in [6, 6.07) is 10.5. The Morgan fingerprint density at radius 1 is 1.19 bits per heavy atom. The van der Waals surface area contributed by atoms with Crippen LogP contribution in [0.2, 0.25) is 0 Å². The molecule has 1 aliphatic heterocycles. The molecule has 1 N–H and O–H groups in total. The Kier molecular flexibility index (Phi) is 9.01. The summed E-state index contributed by atoms with van der Waals surface area (Å²) in [7, 11) is -3.51. The van der Waals surface area contributed by atoms with E-state index in [2.05, 4.69) is 17.2 Å². The molecule has 0 radical (unpaired) electrons. The van der Waals surface area contributed by atoms with Crippen molar-refractivity contribution in [1.29, 1.82) is 0 Å². The molecule has 0 bridgehead atoms. The minimum absolute atomic E-state index is 0.0848. The van der Waals surface area contributed by atoms with Crippen molar-refractivity contribution in [3.63, 3.8) is 0 Å². The van der Waals surface area contributed by atoms with E-state index >= 15 is 0 Å². The van der Waals surface area contributed by atoms with Crippen LogP contribution < -0.4 is 10.1 Å². The number of pyridine rings is 1. The van der Waals surface area contributed by atoms with Gasteiger partial charge in [-0.05, 0) is 36.6 Å².